The number of likely N-dealkylation sites (tertiary alicyclic amines) is 1. The number of aryl methyl sites for hydroxylation is 1. The highest BCUT2D eigenvalue weighted by molar-refractivity contribution is 5.96. The fourth-order valence-corrected chi connectivity index (χ4v) is 5.33. The Balaban J connectivity index is 1.36. The van der Waals surface area contributed by atoms with Crippen LogP contribution in [-0.2, 0) is 17.6 Å². The van der Waals surface area contributed by atoms with Crippen LogP contribution in [0.5, 0.6) is 0 Å². The number of halogens is 1. The van der Waals surface area contributed by atoms with Crippen LogP contribution < -0.4 is 11.1 Å². The smallest absolute Gasteiger partial charge is 0.290 e. The lowest BCUT2D eigenvalue weighted by atomic mass is 9.96. The third-order valence-corrected chi connectivity index (χ3v) is 7.12. The molecule has 0 bridgehead atoms. The molecule has 1 aliphatic carbocycles. The fraction of sp³-hybridized carbons (Fsp3) is 0.357. The van der Waals surface area contributed by atoms with Gasteiger partial charge in [-0.25, -0.2) is 4.39 Å². The van der Waals surface area contributed by atoms with E-state index in [4.69, 9.17) is 10.2 Å². The van der Waals surface area contributed by atoms with E-state index in [0.29, 0.717) is 25.1 Å². The first-order valence-corrected chi connectivity index (χ1v) is 12.2. The molecule has 182 valence electrons. The van der Waals surface area contributed by atoms with Crippen molar-refractivity contribution in [1.29, 1.82) is 0 Å². The predicted molar refractivity (Wildman–Crippen MR) is 130 cm³/mol. The number of hydrogen-bond donors (Lipinski definition) is 2. The maximum atomic E-state index is 13.5. The second-order valence-corrected chi connectivity index (χ2v) is 9.69. The van der Waals surface area contributed by atoms with E-state index in [0.717, 1.165) is 24.0 Å². The zero-order chi connectivity index (χ0) is 24.5. The molecule has 0 radical (unpaired) electrons. The molecule has 1 saturated heterocycles. The Kier molecular flexibility index (Phi) is 6.43. The van der Waals surface area contributed by atoms with Crippen molar-refractivity contribution in [1.82, 2.24) is 10.2 Å². The molecule has 1 aliphatic heterocycles. The number of hydrogen-bond acceptors (Lipinski definition) is 4. The van der Waals surface area contributed by atoms with E-state index in [-0.39, 0.29) is 41.4 Å². The Morgan fingerprint density at radius 2 is 1.91 bits per heavy atom. The highest BCUT2D eigenvalue weighted by Gasteiger charge is 2.41. The third-order valence-electron chi connectivity index (χ3n) is 7.12. The molecule has 7 heteroatoms. The minimum atomic E-state index is -0.607. The van der Waals surface area contributed by atoms with E-state index in [2.05, 4.69) is 17.4 Å². The number of amides is 2. The van der Waals surface area contributed by atoms with E-state index in [1.54, 1.807) is 36.1 Å². The molecule has 4 atom stereocenters. The van der Waals surface area contributed by atoms with Gasteiger partial charge in [-0.3, -0.25) is 9.59 Å². The first-order valence-electron chi connectivity index (χ1n) is 12.2. The molecule has 3 N–H and O–H groups in total. The molecule has 1 aromatic heterocycles. The molecule has 35 heavy (non-hydrogen) atoms. The molecule has 0 spiro atoms. The summed E-state index contributed by atoms with van der Waals surface area (Å²) in [6, 6.07) is 16.9. The van der Waals surface area contributed by atoms with E-state index < -0.39 is 6.04 Å². The molecule has 5 rings (SSSR count). The van der Waals surface area contributed by atoms with Crippen LogP contribution in [0.4, 0.5) is 4.39 Å². The van der Waals surface area contributed by atoms with Crippen LogP contribution in [0.1, 0.15) is 64.9 Å². The molecule has 1 fully saturated rings. The van der Waals surface area contributed by atoms with E-state index in [1.165, 1.54) is 17.7 Å². The van der Waals surface area contributed by atoms with Gasteiger partial charge in [0.2, 0.25) is 5.91 Å². The lowest BCUT2D eigenvalue weighted by Crippen LogP contribution is -2.46. The first kappa shape index (κ1) is 23.3. The molecule has 2 aromatic carbocycles. The summed E-state index contributed by atoms with van der Waals surface area (Å²) < 4.78 is 19.1. The predicted octanol–water partition coefficient (Wildman–Crippen LogP) is 4.32. The SMILES string of the molecule is CC(N)c1ccc(C(=O)N2CC(Cc3ccc(F)cc3)CC2C(=O)NC2CCc3ccccc32)o1. The molecular weight excluding hydrogens is 445 g/mol. The number of nitrogens with one attached hydrogen (secondary N) is 1. The summed E-state index contributed by atoms with van der Waals surface area (Å²) >= 11 is 0. The fourth-order valence-electron chi connectivity index (χ4n) is 5.33. The number of carbonyl (C=O) groups is 2. The summed E-state index contributed by atoms with van der Waals surface area (Å²) in [5, 5.41) is 3.20. The lowest BCUT2D eigenvalue weighted by molar-refractivity contribution is -0.125. The summed E-state index contributed by atoms with van der Waals surface area (Å²) in [6.45, 7) is 2.21. The molecule has 3 aromatic rings. The van der Waals surface area contributed by atoms with Crippen LogP contribution in [0.2, 0.25) is 0 Å². The summed E-state index contributed by atoms with van der Waals surface area (Å²) in [5.74, 6) is 0.0292. The van der Waals surface area contributed by atoms with Gasteiger partial charge in [-0.15, -0.1) is 0 Å². The van der Waals surface area contributed by atoms with Crippen LogP contribution in [-0.4, -0.2) is 29.3 Å². The van der Waals surface area contributed by atoms with Gasteiger partial charge in [0.05, 0.1) is 12.1 Å². The van der Waals surface area contributed by atoms with Gasteiger partial charge in [-0.1, -0.05) is 36.4 Å². The standard InChI is InChI=1S/C28H30FN3O3/c1-17(30)25-12-13-26(35-25)28(34)32-16-19(14-18-6-9-21(29)10-7-18)15-24(32)27(33)31-23-11-8-20-4-2-3-5-22(20)23/h2-7,9-10,12-13,17,19,23-24H,8,11,14-16,30H2,1H3,(H,31,33). The average molecular weight is 476 g/mol. The second kappa shape index (κ2) is 9.66. The van der Waals surface area contributed by atoms with Gasteiger partial charge < -0.3 is 20.4 Å². The second-order valence-electron chi connectivity index (χ2n) is 9.69. The number of nitrogens with zero attached hydrogens (tertiary/aromatic N) is 1. The number of carbonyl (C=O) groups excluding carboxylic acids is 2. The van der Waals surface area contributed by atoms with Crippen molar-refractivity contribution in [3.8, 4) is 0 Å². The molecule has 6 nitrogen and oxygen atoms in total. The summed E-state index contributed by atoms with van der Waals surface area (Å²) in [7, 11) is 0. The molecule has 2 amide bonds. The quantitative estimate of drug-likeness (QED) is 0.556. The minimum Gasteiger partial charge on any atom is -0.454 e. The highest BCUT2D eigenvalue weighted by Crippen LogP contribution is 2.33. The van der Waals surface area contributed by atoms with E-state index in [1.807, 2.05) is 12.1 Å². The Labute approximate surface area is 204 Å². The van der Waals surface area contributed by atoms with E-state index >= 15 is 0 Å². The minimum absolute atomic E-state index is 0.0555. The lowest BCUT2D eigenvalue weighted by Gasteiger charge is -2.25. The Morgan fingerprint density at radius 3 is 2.66 bits per heavy atom. The van der Waals surface area contributed by atoms with E-state index in [9.17, 15) is 14.0 Å². The van der Waals surface area contributed by atoms with Gasteiger partial charge in [0.25, 0.3) is 5.91 Å². The molecule has 0 saturated carbocycles. The molecule has 2 heterocycles. The first-order chi connectivity index (χ1) is 16.9. The highest BCUT2D eigenvalue weighted by atomic mass is 19.1. The summed E-state index contributed by atoms with van der Waals surface area (Å²) in [5.41, 5.74) is 9.27. The maximum Gasteiger partial charge on any atom is 0.290 e. The van der Waals surface area contributed by atoms with Gasteiger partial charge in [-0.2, -0.15) is 0 Å². The maximum absolute atomic E-state index is 13.5. The Morgan fingerprint density at radius 1 is 1.14 bits per heavy atom. The van der Waals surface area contributed by atoms with Gasteiger partial charge in [-0.05, 0) is 79.5 Å². The van der Waals surface area contributed by atoms with Crippen LogP contribution in [0.3, 0.4) is 0 Å². The van der Waals surface area contributed by atoms with Crippen molar-refractivity contribution in [3.05, 3.63) is 94.7 Å². The zero-order valence-electron chi connectivity index (χ0n) is 19.7. The van der Waals surface area contributed by atoms with Crippen molar-refractivity contribution < 1.29 is 18.4 Å². The number of rotatable bonds is 6. The number of fused-ring (bicyclic) bond motifs is 1. The molecule has 4 unspecified atom stereocenters. The normalized spacial score (nSPS) is 22.1. The van der Waals surface area contributed by atoms with Crippen LogP contribution >= 0.6 is 0 Å². The zero-order valence-corrected chi connectivity index (χ0v) is 19.7. The number of nitrogens with two attached hydrogens (primary N) is 1. The third kappa shape index (κ3) is 4.86. The summed E-state index contributed by atoms with van der Waals surface area (Å²) in [4.78, 5) is 28.6. The van der Waals surface area contributed by atoms with Crippen molar-refractivity contribution in [2.24, 2.45) is 11.7 Å². The monoisotopic (exact) mass is 475 g/mol. The van der Waals surface area contributed by atoms with Crippen molar-refractivity contribution in [2.45, 2.75) is 50.7 Å². The van der Waals surface area contributed by atoms with Crippen molar-refractivity contribution in [2.75, 3.05) is 6.54 Å². The van der Waals surface area contributed by atoms with Crippen LogP contribution in [0.25, 0.3) is 0 Å². The average Bonchev–Trinajstić information content (AvgIpc) is 3.59. The van der Waals surface area contributed by atoms with Gasteiger partial charge in [0, 0.05) is 6.54 Å². The summed E-state index contributed by atoms with van der Waals surface area (Å²) in [6.07, 6.45) is 2.96. The largest absolute Gasteiger partial charge is 0.454 e. The van der Waals surface area contributed by atoms with Gasteiger partial charge >= 0.3 is 0 Å². The van der Waals surface area contributed by atoms with Crippen LogP contribution in [0.15, 0.2) is 65.1 Å². The molecule has 2 aliphatic rings. The van der Waals surface area contributed by atoms with Gasteiger partial charge in [0.15, 0.2) is 5.76 Å². The van der Waals surface area contributed by atoms with Crippen molar-refractivity contribution in [3.63, 3.8) is 0 Å². The number of furan rings is 1. The number of benzene rings is 2. The van der Waals surface area contributed by atoms with Crippen molar-refractivity contribution >= 4 is 11.8 Å². The molecular formula is C28H30FN3O3. The Bertz CT molecular complexity index is 1220. The van der Waals surface area contributed by atoms with Crippen LogP contribution in [0, 0.1) is 11.7 Å². The Hall–Kier alpha value is -3.45. The topological polar surface area (TPSA) is 88.6 Å². The van der Waals surface area contributed by atoms with Gasteiger partial charge in [0.1, 0.15) is 17.6 Å².